The summed E-state index contributed by atoms with van der Waals surface area (Å²) in [4.78, 5) is 16.5. The first-order valence-electron chi connectivity index (χ1n) is 12.9. The third-order valence-electron chi connectivity index (χ3n) is 6.44. The Labute approximate surface area is 220 Å². The standard InChI is InChI=1S/C29H39N5O3/c1-4-36-29(35)21(2)20-34(16-6-8-23-7-5-9-24(19-23)28(31)32)25-10-12-26(13-11-25)37-27-14-17-33(18-15-27)22(3)30/h5-13,19,21,27,30H,4,14-18,20H2,1-3H3,(H3,31,32). The van der Waals surface area contributed by atoms with E-state index in [0.717, 1.165) is 42.9 Å². The molecule has 2 aromatic carbocycles. The number of hydrogen-bond donors (Lipinski definition) is 3. The first-order valence-corrected chi connectivity index (χ1v) is 12.9. The smallest absolute Gasteiger partial charge is 0.310 e. The predicted octanol–water partition coefficient (Wildman–Crippen LogP) is 4.53. The van der Waals surface area contributed by atoms with E-state index < -0.39 is 0 Å². The van der Waals surface area contributed by atoms with Gasteiger partial charge in [0.2, 0.25) is 0 Å². The zero-order chi connectivity index (χ0) is 26.8. The van der Waals surface area contributed by atoms with Crippen molar-refractivity contribution in [2.45, 2.75) is 39.7 Å². The van der Waals surface area contributed by atoms with Crippen molar-refractivity contribution < 1.29 is 14.3 Å². The molecular weight excluding hydrogens is 466 g/mol. The zero-order valence-electron chi connectivity index (χ0n) is 22.1. The molecule has 0 amide bonds. The summed E-state index contributed by atoms with van der Waals surface area (Å²) in [6.07, 6.45) is 5.98. The number of hydrogen-bond acceptors (Lipinski definition) is 6. The SMILES string of the molecule is CCOC(=O)C(C)CN(CC=Cc1cccc(C(=N)N)c1)c1ccc(OC2CCN(C(C)=N)CC2)cc1. The van der Waals surface area contributed by atoms with Crippen LogP contribution in [0.25, 0.3) is 6.08 Å². The number of carbonyl (C=O) groups excluding carboxylic acids is 1. The van der Waals surface area contributed by atoms with Gasteiger partial charge in [0, 0.05) is 50.3 Å². The van der Waals surface area contributed by atoms with Crippen molar-refractivity contribution in [1.82, 2.24) is 4.90 Å². The van der Waals surface area contributed by atoms with Gasteiger partial charge in [-0.2, -0.15) is 0 Å². The lowest BCUT2D eigenvalue weighted by Gasteiger charge is -2.33. The van der Waals surface area contributed by atoms with Gasteiger partial charge in [0.25, 0.3) is 0 Å². The van der Waals surface area contributed by atoms with Crippen LogP contribution in [0.5, 0.6) is 5.75 Å². The molecule has 1 aliphatic rings. The molecule has 198 valence electrons. The van der Waals surface area contributed by atoms with E-state index in [9.17, 15) is 4.79 Å². The minimum Gasteiger partial charge on any atom is -0.490 e. The molecule has 1 fully saturated rings. The lowest BCUT2D eigenvalue weighted by molar-refractivity contribution is -0.147. The summed E-state index contributed by atoms with van der Waals surface area (Å²) in [7, 11) is 0. The molecule has 0 radical (unpaired) electrons. The number of rotatable bonds is 11. The second-order valence-corrected chi connectivity index (χ2v) is 9.38. The minimum absolute atomic E-state index is 0.0397. The van der Waals surface area contributed by atoms with Gasteiger partial charge >= 0.3 is 5.97 Å². The first kappa shape index (κ1) is 27.8. The summed E-state index contributed by atoms with van der Waals surface area (Å²) < 4.78 is 11.4. The van der Waals surface area contributed by atoms with Gasteiger partial charge in [0.1, 0.15) is 17.7 Å². The minimum atomic E-state index is -0.284. The molecule has 0 spiro atoms. The van der Waals surface area contributed by atoms with E-state index in [0.29, 0.717) is 31.1 Å². The Bertz CT molecular complexity index is 1090. The molecule has 0 aromatic heterocycles. The van der Waals surface area contributed by atoms with Gasteiger partial charge in [0.15, 0.2) is 0 Å². The Hall–Kier alpha value is -3.81. The van der Waals surface area contributed by atoms with Crippen LogP contribution in [-0.2, 0) is 9.53 Å². The van der Waals surface area contributed by atoms with Gasteiger partial charge in [0.05, 0.1) is 18.4 Å². The van der Waals surface area contributed by atoms with Crippen LogP contribution in [0.2, 0.25) is 0 Å². The number of esters is 1. The molecule has 1 unspecified atom stereocenters. The molecule has 0 aliphatic carbocycles. The average Bonchev–Trinajstić information content (AvgIpc) is 2.89. The van der Waals surface area contributed by atoms with E-state index in [4.69, 9.17) is 26.0 Å². The maximum absolute atomic E-state index is 12.3. The molecule has 2 aromatic rings. The fourth-order valence-corrected chi connectivity index (χ4v) is 4.34. The third kappa shape index (κ3) is 8.37. The van der Waals surface area contributed by atoms with Crippen molar-refractivity contribution in [2.75, 3.05) is 37.7 Å². The number of nitrogens with zero attached hydrogens (tertiary/aromatic N) is 2. The number of carbonyl (C=O) groups is 1. The number of likely N-dealkylation sites (tertiary alicyclic amines) is 1. The predicted molar refractivity (Wildman–Crippen MR) is 150 cm³/mol. The van der Waals surface area contributed by atoms with Gasteiger partial charge < -0.3 is 25.0 Å². The number of benzene rings is 2. The number of nitrogens with one attached hydrogen (secondary N) is 2. The van der Waals surface area contributed by atoms with Crippen LogP contribution in [0.4, 0.5) is 5.69 Å². The Morgan fingerprint density at radius 1 is 1.19 bits per heavy atom. The largest absolute Gasteiger partial charge is 0.490 e. The second kappa shape index (κ2) is 13.5. The zero-order valence-corrected chi connectivity index (χ0v) is 22.1. The molecule has 1 heterocycles. The summed E-state index contributed by atoms with van der Waals surface area (Å²) >= 11 is 0. The van der Waals surface area contributed by atoms with Crippen molar-refractivity contribution in [2.24, 2.45) is 11.7 Å². The Balaban J connectivity index is 1.68. The highest BCUT2D eigenvalue weighted by atomic mass is 16.5. The van der Waals surface area contributed by atoms with E-state index >= 15 is 0 Å². The van der Waals surface area contributed by atoms with E-state index in [2.05, 4.69) is 9.80 Å². The number of ether oxygens (including phenoxy) is 2. The van der Waals surface area contributed by atoms with Crippen molar-refractivity contribution in [3.8, 4) is 5.75 Å². The normalized spacial score (nSPS) is 14.8. The molecular formula is C29H39N5O3. The van der Waals surface area contributed by atoms with E-state index in [1.807, 2.05) is 81.5 Å². The average molecular weight is 506 g/mol. The number of nitrogen functional groups attached to an aromatic ring is 1. The third-order valence-corrected chi connectivity index (χ3v) is 6.44. The number of amidine groups is 2. The molecule has 8 nitrogen and oxygen atoms in total. The highest BCUT2D eigenvalue weighted by molar-refractivity contribution is 5.95. The van der Waals surface area contributed by atoms with Crippen molar-refractivity contribution in [3.63, 3.8) is 0 Å². The van der Waals surface area contributed by atoms with Crippen LogP contribution in [0.1, 0.15) is 44.7 Å². The second-order valence-electron chi connectivity index (χ2n) is 9.38. The summed E-state index contributed by atoms with van der Waals surface area (Å²) in [6, 6.07) is 15.5. The molecule has 3 rings (SSSR count). The van der Waals surface area contributed by atoms with Crippen molar-refractivity contribution >= 4 is 29.4 Å². The maximum Gasteiger partial charge on any atom is 0.310 e. The van der Waals surface area contributed by atoms with Crippen LogP contribution in [0.3, 0.4) is 0 Å². The summed E-state index contributed by atoms with van der Waals surface area (Å²) in [5.41, 5.74) is 8.25. The van der Waals surface area contributed by atoms with Gasteiger partial charge in [-0.25, -0.2) is 0 Å². The highest BCUT2D eigenvalue weighted by Gasteiger charge is 2.21. The van der Waals surface area contributed by atoms with E-state index in [1.165, 1.54) is 0 Å². The number of nitrogens with two attached hydrogens (primary N) is 1. The fraction of sp³-hybridized carbons (Fsp3) is 0.414. The lowest BCUT2D eigenvalue weighted by Crippen LogP contribution is -2.40. The molecule has 1 aliphatic heterocycles. The molecule has 1 atom stereocenters. The molecule has 0 bridgehead atoms. The fourth-order valence-electron chi connectivity index (χ4n) is 4.34. The summed E-state index contributed by atoms with van der Waals surface area (Å²) in [6.45, 7) is 8.68. The molecule has 8 heteroatoms. The highest BCUT2D eigenvalue weighted by Crippen LogP contribution is 2.24. The van der Waals surface area contributed by atoms with Crippen LogP contribution >= 0.6 is 0 Å². The number of anilines is 1. The Morgan fingerprint density at radius 2 is 1.89 bits per heavy atom. The van der Waals surface area contributed by atoms with Crippen molar-refractivity contribution in [1.29, 1.82) is 10.8 Å². The summed E-state index contributed by atoms with van der Waals surface area (Å²) in [5.74, 6) is 0.979. The van der Waals surface area contributed by atoms with Crippen LogP contribution in [0.15, 0.2) is 54.6 Å². The molecule has 0 saturated carbocycles. The monoisotopic (exact) mass is 505 g/mol. The molecule has 1 saturated heterocycles. The molecule has 4 N–H and O–H groups in total. The number of piperidine rings is 1. The van der Waals surface area contributed by atoms with Crippen LogP contribution < -0.4 is 15.4 Å². The Morgan fingerprint density at radius 3 is 2.51 bits per heavy atom. The summed E-state index contributed by atoms with van der Waals surface area (Å²) in [5, 5.41) is 15.4. The van der Waals surface area contributed by atoms with Crippen LogP contribution in [0, 0.1) is 16.7 Å². The van der Waals surface area contributed by atoms with Gasteiger partial charge in [-0.1, -0.05) is 37.3 Å². The first-order chi connectivity index (χ1) is 17.8. The molecule has 37 heavy (non-hydrogen) atoms. The quantitative estimate of drug-likeness (QED) is 0.235. The van der Waals surface area contributed by atoms with E-state index in [1.54, 1.807) is 0 Å². The van der Waals surface area contributed by atoms with Gasteiger partial charge in [-0.3, -0.25) is 15.6 Å². The van der Waals surface area contributed by atoms with Crippen LogP contribution in [-0.4, -0.2) is 61.4 Å². The topological polar surface area (TPSA) is 116 Å². The maximum atomic E-state index is 12.3. The lowest BCUT2D eigenvalue weighted by atomic mass is 10.1. The Kier molecular flexibility index (Phi) is 10.1. The van der Waals surface area contributed by atoms with Crippen molar-refractivity contribution in [3.05, 3.63) is 65.7 Å². The van der Waals surface area contributed by atoms with Gasteiger partial charge in [-0.05, 0) is 49.7 Å². The van der Waals surface area contributed by atoms with Gasteiger partial charge in [-0.15, -0.1) is 0 Å². The van der Waals surface area contributed by atoms with E-state index in [-0.39, 0.29) is 23.8 Å².